The summed E-state index contributed by atoms with van der Waals surface area (Å²) in [6.45, 7) is 7.77. The molecule has 0 fully saturated rings. The molecule has 2 heterocycles. The molecule has 156 valence electrons. The number of carbonyl (C=O) groups is 2. The summed E-state index contributed by atoms with van der Waals surface area (Å²) in [4.78, 5) is 31.3. The topological polar surface area (TPSA) is 40.6 Å². The van der Waals surface area contributed by atoms with Crippen LogP contribution in [0.25, 0.3) is 0 Å². The van der Waals surface area contributed by atoms with Gasteiger partial charge in [-0.1, -0.05) is 57.5 Å². The van der Waals surface area contributed by atoms with Crippen molar-refractivity contribution in [3.05, 3.63) is 57.8 Å². The Kier molecular flexibility index (Phi) is 7.48. The second-order valence-corrected chi connectivity index (χ2v) is 9.22. The van der Waals surface area contributed by atoms with Crippen LogP contribution in [-0.2, 0) is 16.0 Å². The van der Waals surface area contributed by atoms with E-state index in [0.717, 1.165) is 24.8 Å². The zero-order valence-electron chi connectivity index (χ0n) is 17.8. The number of hydrogen-bond acceptors (Lipinski definition) is 3. The first kappa shape index (κ1) is 21.6. The summed E-state index contributed by atoms with van der Waals surface area (Å²) in [6, 6.07) is 12.3. The Morgan fingerprint density at radius 3 is 2.66 bits per heavy atom. The molecule has 1 aromatic heterocycles. The first-order valence-electron chi connectivity index (χ1n) is 10.7. The highest BCUT2D eigenvalue weighted by Crippen LogP contribution is 2.37. The Balaban J connectivity index is 1.83. The van der Waals surface area contributed by atoms with Crippen LogP contribution in [0.5, 0.6) is 0 Å². The lowest BCUT2D eigenvalue weighted by atomic mass is 9.93. The van der Waals surface area contributed by atoms with Gasteiger partial charge in [-0.2, -0.15) is 0 Å². The molecule has 1 aromatic carbocycles. The number of carbonyl (C=O) groups excluding carboxylic acids is 2. The lowest BCUT2D eigenvalue weighted by Crippen LogP contribution is -2.47. The fraction of sp³-hybridized carbons (Fsp3) is 0.500. The molecule has 1 aliphatic rings. The van der Waals surface area contributed by atoms with Crippen molar-refractivity contribution in [1.29, 1.82) is 0 Å². The third kappa shape index (κ3) is 5.27. The number of thiophene rings is 1. The van der Waals surface area contributed by atoms with E-state index in [4.69, 9.17) is 0 Å². The molecular weight excluding hydrogens is 380 g/mol. The molecule has 2 aromatic rings. The van der Waals surface area contributed by atoms with E-state index in [2.05, 4.69) is 44.4 Å². The van der Waals surface area contributed by atoms with E-state index in [0.29, 0.717) is 25.4 Å². The summed E-state index contributed by atoms with van der Waals surface area (Å²) in [5.41, 5.74) is 2.36. The van der Waals surface area contributed by atoms with Gasteiger partial charge in [-0.3, -0.25) is 9.59 Å². The summed E-state index contributed by atoms with van der Waals surface area (Å²) < 4.78 is 0. The Morgan fingerprint density at radius 1 is 1.21 bits per heavy atom. The van der Waals surface area contributed by atoms with Crippen LogP contribution < -0.4 is 0 Å². The van der Waals surface area contributed by atoms with Gasteiger partial charge in [0.2, 0.25) is 11.8 Å². The molecule has 0 saturated carbocycles. The van der Waals surface area contributed by atoms with E-state index in [1.807, 2.05) is 23.1 Å². The van der Waals surface area contributed by atoms with Crippen molar-refractivity contribution in [3.8, 4) is 0 Å². The van der Waals surface area contributed by atoms with Crippen molar-refractivity contribution in [1.82, 2.24) is 9.80 Å². The number of unbranched alkanes of at least 4 members (excludes halogenated alkanes) is 1. The third-order valence-electron chi connectivity index (χ3n) is 5.41. The van der Waals surface area contributed by atoms with E-state index in [1.54, 1.807) is 16.2 Å². The molecule has 5 heteroatoms. The first-order chi connectivity index (χ1) is 14.0. The fourth-order valence-corrected chi connectivity index (χ4v) is 4.92. The number of hydrogen-bond donors (Lipinski definition) is 0. The SMILES string of the molecule is CCCCC(=O)N(CC(=O)N1CCc2sccc2[C@H]1c1ccccc1)CC(C)C. The van der Waals surface area contributed by atoms with Gasteiger partial charge >= 0.3 is 0 Å². The van der Waals surface area contributed by atoms with Crippen LogP contribution >= 0.6 is 11.3 Å². The molecule has 1 aliphatic heterocycles. The highest BCUT2D eigenvalue weighted by atomic mass is 32.1. The average molecular weight is 413 g/mol. The van der Waals surface area contributed by atoms with Gasteiger partial charge in [0.1, 0.15) is 0 Å². The monoisotopic (exact) mass is 412 g/mol. The minimum absolute atomic E-state index is 0.0428. The van der Waals surface area contributed by atoms with Crippen molar-refractivity contribution in [2.24, 2.45) is 5.92 Å². The lowest BCUT2D eigenvalue weighted by Gasteiger charge is -2.38. The fourth-order valence-electron chi connectivity index (χ4n) is 4.02. The predicted molar refractivity (Wildman–Crippen MR) is 119 cm³/mol. The predicted octanol–water partition coefficient (Wildman–Crippen LogP) is 4.90. The van der Waals surface area contributed by atoms with E-state index >= 15 is 0 Å². The molecule has 0 radical (unpaired) electrons. The number of nitrogens with zero attached hydrogens (tertiary/aromatic N) is 2. The van der Waals surface area contributed by atoms with E-state index in [-0.39, 0.29) is 24.4 Å². The number of fused-ring (bicyclic) bond motifs is 1. The number of amides is 2. The molecule has 0 N–H and O–H groups in total. The minimum atomic E-state index is -0.0645. The number of rotatable bonds is 8. The van der Waals surface area contributed by atoms with Crippen molar-refractivity contribution in [2.75, 3.05) is 19.6 Å². The summed E-state index contributed by atoms with van der Waals surface area (Å²) in [6.07, 6.45) is 3.26. The van der Waals surface area contributed by atoms with Crippen LogP contribution in [0.3, 0.4) is 0 Å². The van der Waals surface area contributed by atoms with Crippen LogP contribution in [-0.4, -0.2) is 41.2 Å². The maximum Gasteiger partial charge on any atom is 0.242 e. The summed E-state index contributed by atoms with van der Waals surface area (Å²) in [7, 11) is 0. The van der Waals surface area contributed by atoms with E-state index in [9.17, 15) is 9.59 Å². The first-order valence-corrected chi connectivity index (χ1v) is 11.6. The van der Waals surface area contributed by atoms with Gasteiger partial charge in [0.25, 0.3) is 0 Å². The van der Waals surface area contributed by atoms with E-state index in [1.165, 1.54) is 10.4 Å². The standard InChI is InChI=1S/C24H32N2O2S/c1-4-5-11-22(27)25(16-18(2)3)17-23(28)26-14-12-21-20(13-15-29-21)24(26)19-9-7-6-8-10-19/h6-10,13,15,18,24H,4-5,11-12,14,16-17H2,1-3H3/t24-/m1/s1. The Hall–Kier alpha value is -2.14. The number of benzene rings is 1. The molecule has 1 atom stereocenters. The maximum absolute atomic E-state index is 13.4. The van der Waals surface area contributed by atoms with Gasteiger partial charge in [-0.25, -0.2) is 0 Å². The molecule has 3 rings (SSSR count). The van der Waals surface area contributed by atoms with Gasteiger partial charge in [0, 0.05) is 24.4 Å². The largest absolute Gasteiger partial charge is 0.333 e. The van der Waals surface area contributed by atoms with E-state index < -0.39 is 0 Å². The third-order valence-corrected chi connectivity index (χ3v) is 6.41. The molecule has 0 saturated heterocycles. The highest BCUT2D eigenvalue weighted by Gasteiger charge is 2.33. The summed E-state index contributed by atoms with van der Waals surface area (Å²) in [5.74, 6) is 0.475. The van der Waals surface area contributed by atoms with Crippen LogP contribution in [0.2, 0.25) is 0 Å². The molecule has 0 spiro atoms. The molecule has 0 bridgehead atoms. The van der Waals surface area contributed by atoms with Crippen molar-refractivity contribution < 1.29 is 9.59 Å². The quantitative estimate of drug-likeness (QED) is 0.619. The van der Waals surface area contributed by atoms with Gasteiger partial charge < -0.3 is 9.80 Å². The molecule has 29 heavy (non-hydrogen) atoms. The van der Waals surface area contributed by atoms with Crippen molar-refractivity contribution in [2.45, 2.75) is 52.5 Å². The lowest BCUT2D eigenvalue weighted by molar-refractivity contribution is -0.142. The van der Waals surface area contributed by atoms with Gasteiger partial charge in [-0.05, 0) is 41.3 Å². The molecule has 4 nitrogen and oxygen atoms in total. The van der Waals surface area contributed by atoms with Crippen LogP contribution in [0.1, 0.15) is 62.1 Å². The van der Waals surface area contributed by atoms with Crippen LogP contribution in [0.15, 0.2) is 41.8 Å². The smallest absolute Gasteiger partial charge is 0.242 e. The molecule has 2 amide bonds. The summed E-state index contributed by atoms with van der Waals surface area (Å²) >= 11 is 1.77. The Labute approximate surface area is 178 Å². The average Bonchev–Trinajstić information content (AvgIpc) is 3.19. The molecule has 0 aliphatic carbocycles. The zero-order valence-corrected chi connectivity index (χ0v) is 18.6. The van der Waals surface area contributed by atoms with Gasteiger partial charge in [0.15, 0.2) is 0 Å². The molecular formula is C24H32N2O2S. The van der Waals surface area contributed by atoms with Crippen molar-refractivity contribution in [3.63, 3.8) is 0 Å². The highest BCUT2D eigenvalue weighted by molar-refractivity contribution is 7.10. The minimum Gasteiger partial charge on any atom is -0.333 e. The Bertz CT molecular complexity index is 815. The molecule has 0 unspecified atom stereocenters. The van der Waals surface area contributed by atoms with Gasteiger partial charge in [0.05, 0.1) is 12.6 Å². The van der Waals surface area contributed by atoms with Crippen molar-refractivity contribution >= 4 is 23.2 Å². The normalized spacial score (nSPS) is 16.0. The van der Waals surface area contributed by atoms with Gasteiger partial charge in [-0.15, -0.1) is 11.3 Å². The van der Waals surface area contributed by atoms with Crippen LogP contribution in [0, 0.1) is 5.92 Å². The summed E-state index contributed by atoms with van der Waals surface area (Å²) in [5, 5.41) is 2.12. The Morgan fingerprint density at radius 2 is 1.97 bits per heavy atom. The second kappa shape index (κ2) is 10.1. The maximum atomic E-state index is 13.4. The zero-order chi connectivity index (χ0) is 20.8. The van der Waals surface area contributed by atoms with Crippen LogP contribution in [0.4, 0.5) is 0 Å². The second-order valence-electron chi connectivity index (χ2n) is 8.22.